The summed E-state index contributed by atoms with van der Waals surface area (Å²) in [6.07, 6.45) is 2.10. The number of hydrogen-bond acceptors (Lipinski definition) is 6. The number of anilines is 1. The summed E-state index contributed by atoms with van der Waals surface area (Å²) >= 11 is 0. The maximum absolute atomic E-state index is 13.7. The van der Waals surface area contributed by atoms with Crippen molar-refractivity contribution in [2.45, 2.75) is 31.3 Å². The Labute approximate surface area is 176 Å². The van der Waals surface area contributed by atoms with Gasteiger partial charge >= 0.3 is 0 Å². The molecule has 0 amide bonds. The van der Waals surface area contributed by atoms with Gasteiger partial charge in [-0.3, -0.25) is 4.79 Å². The lowest BCUT2D eigenvalue weighted by molar-refractivity contribution is 0.0389. The molecule has 3 unspecified atom stereocenters. The fourth-order valence-corrected chi connectivity index (χ4v) is 4.27. The van der Waals surface area contributed by atoms with Gasteiger partial charge in [-0.1, -0.05) is 6.07 Å². The number of rotatable bonds is 7. The number of Topliss-reactive ketones (excluding diaryl/α,β-unsaturated/α-hetero) is 1. The molecule has 0 aromatic heterocycles. The molecule has 0 heterocycles. The van der Waals surface area contributed by atoms with E-state index in [1.165, 1.54) is 27.4 Å². The molecular weight excluding hydrogens is 389 g/mol. The maximum atomic E-state index is 13.7. The lowest BCUT2D eigenvalue weighted by Crippen LogP contribution is -2.33. The topological polar surface area (TPSA) is 80.0 Å². The van der Waals surface area contributed by atoms with Crippen LogP contribution in [0.15, 0.2) is 30.3 Å². The molecule has 2 aromatic carbocycles. The minimum Gasteiger partial charge on any atom is -0.493 e. The summed E-state index contributed by atoms with van der Waals surface area (Å²) in [7, 11) is 6.19. The number of nitrogen functional groups attached to an aromatic ring is 1. The zero-order valence-electron chi connectivity index (χ0n) is 17.7. The van der Waals surface area contributed by atoms with Crippen molar-refractivity contribution in [1.82, 2.24) is 0 Å². The molecule has 0 spiro atoms. The van der Waals surface area contributed by atoms with Crippen LogP contribution in [0, 0.1) is 11.7 Å². The van der Waals surface area contributed by atoms with Crippen LogP contribution in [0.1, 0.15) is 41.1 Å². The number of ketones is 1. The normalized spacial score (nSPS) is 21.2. The second kappa shape index (κ2) is 9.34. The highest BCUT2D eigenvalue weighted by Gasteiger charge is 2.37. The van der Waals surface area contributed by atoms with Crippen molar-refractivity contribution in [2.24, 2.45) is 5.92 Å². The van der Waals surface area contributed by atoms with Crippen LogP contribution in [0.25, 0.3) is 0 Å². The number of hydrogen-bond donors (Lipinski definition) is 1. The fraction of sp³-hybridized carbons (Fsp3) is 0.435. The van der Waals surface area contributed by atoms with Gasteiger partial charge in [-0.15, -0.1) is 0 Å². The number of benzene rings is 2. The van der Waals surface area contributed by atoms with Crippen LogP contribution in [0.5, 0.6) is 17.2 Å². The van der Waals surface area contributed by atoms with Crippen LogP contribution in [0.3, 0.4) is 0 Å². The first-order chi connectivity index (χ1) is 14.4. The summed E-state index contributed by atoms with van der Waals surface area (Å²) in [5.74, 6) is 0.310. The first kappa shape index (κ1) is 21.9. The van der Waals surface area contributed by atoms with E-state index in [0.717, 1.165) is 18.4 Å². The highest BCUT2D eigenvalue weighted by molar-refractivity contribution is 5.99. The van der Waals surface area contributed by atoms with Gasteiger partial charge in [-0.2, -0.15) is 0 Å². The summed E-state index contributed by atoms with van der Waals surface area (Å²) in [4.78, 5) is 13.6. The molecule has 1 aliphatic rings. The average molecular weight is 417 g/mol. The number of nitrogens with two attached hydrogens (primary N) is 1. The molecule has 2 N–H and O–H groups in total. The Bertz CT molecular complexity index is 891. The zero-order valence-corrected chi connectivity index (χ0v) is 17.7. The molecule has 0 saturated heterocycles. The summed E-state index contributed by atoms with van der Waals surface area (Å²) in [6, 6.07) is 8.02. The van der Waals surface area contributed by atoms with Crippen molar-refractivity contribution in [2.75, 3.05) is 34.2 Å². The number of carbonyl (C=O) groups excluding carboxylic acids is 1. The van der Waals surface area contributed by atoms with Crippen LogP contribution < -0.4 is 19.9 Å². The lowest BCUT2D eigenvalue weighted by atomic mass is 9.71. The standard InChI is InChI=1S/C23H28FNO5/c1-27-15-6-7-16(13-5-8-18(24)19(25)9-13)17(12-15)22(26)14-10-20(28-2)23(30-4)21(11-14)29-3/h5,8-11,15-17H,6-7,12,25H2,1-4H3. The average Bonchev–Trinajstić information content (AvgIpc) is 2.78. The largest absolute Gasteiger partial charge is 0.493 e. The monoisotopic (exact) mass is 417 g/mol. The van der Waals surface area contributed by atoms with Crippen molar-refractivity contribution >= 4 is 11.5 Å². The van der Waals surface area contributed by atoms with Gasteiger partial charge in [0.15, 0.2) is 17.3 Å². The van der Waals surface area contributed by atoms with Crippen LogP contribution in [-0.2, 0) is 4.74 Å². The van der Waals surface area contributed by atoms with E-state index in [-0.39, 0.29) is 29.4 Å². The minimum atomic E-state index is -0.461. The molecule has 1 saturated carbocycles. The Balaban J connectivity index is 2.02. The molecule has 0 aliphatic heterocycles. The van der Waals surface area contributed by atoms with Crippen molar-refractivity contribution < 1.29 is 28.1 Å². The van der Waals surface area contributed by atoms with Crippen LogP contribution in [0.2, 0.25) is 0 Å². The first-order valence-electron chi connectivity index (χ1n) is 9.85. The molecular formula is C23H28FNO5. The molecule has 1 aliphatic carbocycles. The van der Waals surface area contributed by atoms with Crippen LogP contribution >= 0.6 is 0 Å². The van der Waals surface area contributed by atoms with E-state index in [2.05, 4.69) is 0 Å². The molecule has 6 nitrogen and oxygen atoms in total. The van der Waals surface area contributed by atoms with Gasteiger partial charge in [0, 0.05) is 18.6 Å². The molecule has 0 radical (unpaired) electrons. The van der Waals surface area contributed by atoms with E-state index >= 15 is 0 Å². The van der Waals surface area contributed by atoms with Gasteiger partial charge in [0.05, 0.1) is 33.1 Å². The Hall–Kier alpha value is -2.80. The summed E-state index contributed by atoms with van der Waals surface area (Å²) in [5, 5.41) is 0. The number of carbonyl (C=O) groups is 1. The predicted molar refractivity (Wildman–Crippen MR) is 112 cm³/mol. The fourth-order valence-electron chi connectivity index (χ4n) is 4.27. The van der Waals surface area contributed by atoms with Crippen LogP contribution in [0.4, 0.5) is 10.1 Å². The van der Waals surface area contributed by atoms with Gasteiger partial charge < -0.3 is 24.7 Å². The molecule has 162 valence electrons. The van der Waals surface area contributed by atoms with Crippen molar-refractivity contribution in [3.8, 4) is 17.2 Å². The van der Waals surface area contributed by atoms with Gasteiger partial charge in [0.1, 0.15) is 5.82 Å². The maximum Gasteiger partial charge on any atom is 0.203 e. The van der Waals surface area contributed by atoms with Crippen molar-refractivity contribution in [3.05, 3.63) is 47.3 Å². The highest BCUT2D eigenvalue weighted by Crippen LogP contribution is 2.44. The Kier molecular flexibility index (Phi) is 6.82. The van der Waals surface area contributed by atoms with E-state index in [4.69, 9.17) is 24.7 Å². The molecule has 1 fully saturated rings. The Morgan fingerprint density at radius 3 is 2.20 bits per heavy atom. The Morgan fingerprint density at radius 2 is 1.67 bits per heavy atom. The third-order valence-corrected chi connectivity index (χ3v) is 5.87. The molecule has 3 atom stereocenters. The van der Waals surface area contributed by atoms with Gasteiger partial charge in [-0.05, 0) is 55.0 Å². The molecule has 3 rings (SSSR count). The second-order valence-corrected chi connectivity index (χ2v) is 7.44. The second-order valence-electron chi connectivity index (χ2n) is 7.44. The molecule has 30 heavy (non-hydrogen) atoms. The van der Waals surface area contributed by atoms with E-state index < -0.39 is 5.82 Å². The van der Waals surface area contributed by atoms with Crippen molar-refractivity contribution in [3.63, 3.8) is 0 Å². The lowest BCUT2D eigenvalue weighted by Gasteiger charge is -2.35. The van der Waals surface area contributed by atoms with E-state index in [0.29, 0.717) is 29.2 Å². The predicted octanol–water partition coefficient (Wildman–Crippen LogP) is 4.22. The highest BCUT2D eigenvalue weighted by atomic mass is 19.1. The minimum absolute atomic E-state index is 0.0185. The van der Waals surface area contributed by atoms with E-state index in [9.17, 15) is 9.18 Å². The van der Waals surface area contributed by atoms with Gasteiger partial charge in [-0.25, -0.2) is 4.39 Å². The third kappa shape index (κ3) is 4.21. The smallest absolute Gasteiger partial charge is 0.203 e. The number of halogens is 1. The zero-order chi connectivity index (χ0) is 21.8. The summed E-state index contributed by atoms with van der Waals surface area (Å²) in [5.41, 5.74) is 7.19. The molecule has 2 aromatic rings. The van der Waals surface area contributed by atoms with Gasteiger partial charge in [0.2, 0.25) is 5.75 Å². The number of ether oxygens (including phenoxy) is 4. The van der Waals surface area contributed by atoms with Crippen molar-refractivity contribution in [1.29, 1.82) is 0 Å². The summed E-state index contributed by atoms with van der Waals surface area (Å²) < 4.78 is 35.4. The van der Waals surface area contributed by atoms with Gasteiger partial charge in [0.25, 0.3) is 0 Å². The quantitative estimate of drug-likeness (QED) is 0.537. The van der Waals surface area contributed by atoms with Crippen LogP contribution in [-0.4, -0.2) is 40.3 Å². The number of methoxy groups -OCH3 is 4. The Morgan fingerprint density at radius 1 is 1.00 bits per heavy atom. The van der Waals surface area contributed by atoms with E-state index in [1.54, 1.807) is 31.4 Å². The third-order valence-electron chi connectivity index (χ3n) is 5.87. The summed E-state index contributed by atoms with van der Waals surface area (Å²) in [6.45, 7) is 0. The molecule has 0 bridgehead atoms. The molecule has 7 heteroatoms. The van der Waals surface area contributed by atoms with E-state index in [1.807, 2.05) is 0 Å². The SMILES string of the molecule is COc1cc(C(=O)C2CC(OC)CCC2c2ccc(F)c(N)c2)cc(OC)c1OC. The first-order valence-corrected chi connectivity index (χ1v) is 9.85.